The molecular weight excluding hydrogens is 459 g/mol. The fraction of sp³-hybridized carbons (Fsp3) is 0.476. The largest absolute Gasteiger partial charge is 0.417 e. The van der Waals surface area contributed by atoms with Gasteiger partial charge in [0, 0.05) is 19.7 Å². The summed E-state index contributed by atoms with van der Waals surface area (Å²) in [5, 5.41) is 15.0. The van der Waals surface area contributed by atoms with Crippen LogP contribution in [-0.2, 0) is 27.9 Å². The first-order chi connectivity index (χ1) is 15.4. The van der Waals surface area contributed by atoms with Crippen molar-refractivity contribution >= 4 is 21.6 Å². The monoisotopic (exact) mass is 481 g/mol. The molecule has 8 nitrogen and oxygen atoms in total. The van der Waals surface area contributed by atoms with Crippen LogP contribution in [0.3, 0.4) is 0 Å². The molecule has 2 heterocycles. The lowest BCUT2D eigenvalue weighted by atomic mass is 10.1. The van der Waals surface area contributed by atoms with Crippen LogP contribution in [0.15, 0.2) is 35.2 Å². The quantitative estimate of drug-likeness (QED) is 0.703. The third kappa shape index (κ3) is 4.17. The summed E-state index contributed by atoms with van der Waals surface area (Å²) < 4.78 is 68.8. The SMILES string of the molecule is Cc1cc(N2C[C@H](S(=O)(=O)c3ccccc3C(F)(F)F)C[C@H]2C(=O)NC2(C#N)CC2)n(C)n1. The molecule has 2 atom stereocenters. The number of aromatic nitrogens is 2. The van der Waals surface area contributed by atoms with E-state index >= 15 is 0 Å². The minimum atomic E-state index is -4.84. The minimum Gasteiger partial charge on any atom is -0.343 e. The molecule has 0 spiro atoms. The predicted octanol–water partition coefficient (Wildman–Crippen LogP) is 2.34. The van der Waals surface area contributed by atoms with Crippen molar-refractivity contribution in [2.75, 3.05) is 11.4 Å². The van der Waals surface area contributed by atoms with E-state index in [9.17, 15) is 31.6 Å². The molecule has 1 aliphatic heterocycles. The van der Waals surface area contributed by atoms with Crippen LogP contribution in [0.2, 0.25) is 0 Å². The number of carbonyl (C=O) groups is 1. The molecule has 33 heavy (non-hydrogen) atoms. The van der Waals surface area contributed by atoms with Gasteiger partial charge in [0.05, 0.1) is 27.5 Å². The normalized spacial score (nSPS) is 22.1. The fourth-order valence-electron chi connectivity index (χ4n) is 4.23. The highest BCUT2D eigenvalue weighted by Gasteiger charge is 2.50. The van der Waals surface area contributed by atoms with Gasteiger partial charge in [-0.25, -0.2) is 8.42 Å². The molecule has 2 fully saturated rings. The van der Waals surface area contributed by atoms with Crippen molar-refractivity contribution in [3.63, 3.8) is 0 Å². The van der Waals surface area contributed by atoms with Crippen LogP contribution < -0.4 is 10.2 Å². The lowest BCUT2D eigenvalue weighted by Crippen LogP contribution is -2.48. The molecule has 1 N–H and O–H groups in total. The van der Waals surface area contributed by atoms with Gasteiger partial charge in [-0.05, 0) is 38.3 Å². The Morgan fingerprint density at radius 2 is 1.97 bits per heavy atom. The highest BCUT2D eigenvalue weighted by atomic mass is 32.2. The van der Waals surface area contributed by atoms with Gasteiger partial charge < -0.3 is 10.2 Å². The summed E-state index contributed by atoms with van der Waals surface area (Å²) in [4.78, 5) is 13.8. The summed E-state index contributed by atoms with van der Waals surface area (Å²) in [6.45, 7) is 1.54. The van der Waals surface area contributed by atoms with Crippen LogP contribution in [0.5, 0.6) is 0 Å². The second-order valence-corrected chi connectivity index (χ2v) is 10.7. The number of nitrogens with one attached hydrogen (secondary N) is 1. The van der Waals surface area contributed by atoms with Crippen molar-refractivity contribution in [2.24, 2.45) is 7.05 Å². The van der Waals surface area contributed by atoms with E-state index in [0.29, 0.717) is 24.4 Å². The van der Waals surface area contributed by atoms with Gasteiger partial charge in [0.2, 0.25) is 5.91 Å². The van der Waals surface area contributed by atoms with Gasteiger partial charge >= 0.3 is 6.18 Å². The van der Waals surface area contributed by atoms with E-state index in [1.807, 2.05) is 0 Å². The summed E-state index contributed by atoms with van der Waals surface area (Å²) in [5.74, 6) is -0.0639. The Bertz CT molecular complexity index is 1240. The molecule has 0 unspecified atom stereocenters. The number of rotatable bonds is 5. The molecule has 1 amide bonds. The van der Waals surface area contributed by atoms with E-state index in [1.165, 1.54) is 10.7 Å². The molecule has 2 aromatic rings. The highest BCUT2D eigenvalue weighted by molar-refractivity contribution is 7.92. The Hall–Kier alpha value is -3.07. The lowest BCUT2D eigenvalue weighted by molar-refractivity contribution is -0.139. The van der Waals surface area contributed by atoms with Gasteiger partial charge in [-0.2, -0.15) is 23.5 Å². The Balaban J connectivity index is 1.72. The highest BCUT2D eigenvalue weighted by Crippen LogP contribution is 2.39. The number of anilines is 1. The smallest absolute Gasteiger partial charge is 0.343 e. The van der Waals surface area contributed by atoms with Gasteiger partial charge in [0.1, 0.15) is 17.4 Å². The van der Waals surface area contributed by atoms with Crippen molar-refractivity contribution in [3.8, 4) is 6.07 Å². The van der Waals surface area contributed by atoms with Gasteiger partial charge in [-0.15, -0.1) is 0 Å². The minimum absolute atomic E-state index is 0.189. The first-order valence-corrected chi connectivity index (χ1v) is 11.8. The predicted molar refractivity (Wildman–Crippen MR) is 112 cm³/mol. The first kappa shape index (κ1) is 23.1. The number of nitrogens with zero attached hydrogens (tertiary/aromatic N) is 4. The number of benzene rings is 1. The van der Waals surface area contributed by atoms with E-state index in [4.69, 9.17) is 0 Å². The number of sulfone groups is 1. The number of alkyl halides is 3. The summed E-state index contributed by atoms with van der Waals surface area (Å²) in [6.07, 6.45) is -4.07. The Labute approximate surface area is 188 Å². The van der Waals surface area contributed by atoms with Crippen LogP contribution >= 0.6 is 0 Å². The number of carbonyl (C=O) groups excluding carboxylic acids is 1. The molecule has 0 radical (unpaired) electrons. The van der Waals surface area contributed by atoms with Crippen molar-refractivity contribution in [1.82, 2.24) is 15.1 Å². The van der Waals surface area contributed by atoms with E-state index in [-0.39, 0.29) is 13.0 Å². The summed E-state index contributed by atoms with van der Waals surface area (Å²) in [6, 6.07) is 6.81. The molecule has 4 rings (SSSR count). The number of amides is 1. The Kier molecular flexibility index (Phi) is 5.43. The molecular formula is C21H22F3N5O3S. The maximum absolute atomic E-state index is 13.5. The molecule has 1 saturated heterocycles. The maximum Gasteiger partial charge on any atom is 0.417 e. The number of hydrogen-bond acceptors (Lipinski definition) is 6. The Morgan fingerprint density at radius 3 is 2.52 bits per heavy atom. The van der Waals surface area contributed by atoms with Crippen LogP contribution in [0.25, 0.3) is 0 Å². The molecule has 176 valence electrons. The zero-order valence-corrected chi connectivity index (χ0v) is 18.7. The average Bonchev–Trinajstić information content (AvgIpc) is 3.22. The molecule has 0 bridgehead atoms. The van der Waals surface area contributed by atoms with Gasteiger partial charge in [0.25, 0.3) is 0 Å². The number of nitriles is 1. The molecule has 1 saturated carbocycles. The molecule has 1 aliphatic carbocycles. The molecule has 12 heteroatoms. The molecule has 2 aliphatic rings. The zero-order valence-electron chi connectivity index (χ0n) is 17.9. The number of hydrogen-bond donors (Lipinski definition) is 1. The lowest BCUT2D eigenvalue weighted by Gasteiger charge is -2.26. The third-order valence-electron chi connectivity index (χ3n) is 6.10. The van der Waals surface area contributed by atoms with E-state index in [1.54, 1.807) is 24.9 Å². The topological polar surface area (TPSA) is 108 Å². The molecule has 1 aromatic carbocycles. The van der Waals surface area contributed by atoms with Crippen molar-refractivity contribution in [2.45, 2.75) is 54.1 Å². The van der Waals surface area contributed by atoms with Gasteiger partial charge in [-0.1, -0.05) is 12.1 Å². The maximum atomic E-state index is 13.5. The summed E-state index contributed by atoms with van der Waals surface area (Å²) >= 11 is 0. The fourth-order valence-corrected chi connectivity index (χ4v) is 6.14. The van der Waals surface area contributed by atoms with Gasteiger partial charge in [-0.3, -0.25) is 9.48 Å². The zero-order chi connectivity index (χ0) is 24.2. The van der Waals surface area contributed by atoms with E-state index in [0.717, 1.165) is 18.2 Å². The third-order valence-corrected chi connectivity index (χ3v) is 8.29. The average molecular weight is 482 g/mol. The van der Waals surface area contributed by atoms with Gasteiger partial charge in [0.15, 0.2) is 9.84 Å². The standard InChI is InChI=1S/C21H22F3N5O3S/c1-13-9-18(28(2)27-13)29-11-14(10-16(29)19(30)26-20(12-25)7-8-20)33(31,32)17-6-4-3-5-15(17)21(22,23)24/h3-6,9,14,16H,7-8,10-11H2,1-2H3,(H,26,30)/t14-,16+/m1/s1. The summed E-state index contributed by atoms with van der Waals surface area (Å²) in [5.41, 5.74) is -1.57. The van der Waals surface area contributed by atoms with Crippen LogP contribution in [-0.4, -0.2) is 47.5 Å². The van der Waals surface area contributed by atoms with Crippen molar-refractivity contribution in [3.05, 3.63) is 41.6 Å². The van der Waals surface area contributed by atoms with E-state index < -0.39 is 49.2 Å². The van der Waals surface area contributed by atoms with Crippen LogP contribution in [0.4, 0.5) is 19.0 Å². The second kappa shape index (κ2) is 7.76. The van der Waals surface area contributed by atoms with Crippen molar-refractivity contribution in [1.29, 1.82) is 5.26 Å². The van der Waals surface area contributed by atoms with Crippen LogP contribution in [0, 0.1) is 18.3 Å². The second-order valence-electron chi connectivity index (χ2n) is 8.52. The Morgan fingerprint density at radius 1 is 1.30 bits per heavy atom. The van der Waals surface area contributed by atoms with Crippen LogP contribution in [0.1, 0.15) is 30.5 Å². The molecule has 1 aromatic heterocycles. The summed E-state index contributed by atoms with van der Waals surface area (Å²) in [7, 11) is -2.80. The number of halogens is 3. The first-order valence-electron chi connectivity index (χ1n) is 10.3. The van der Waals surface area contributed by atoms with Crippen molar-refractivity contribution < 1.29 is 26.4 Å². The number of aryl methyl sites for hydroxylation is 2. The van der Waals surface area contributed by atoms with E-state index in [2.05, 4.69) is 16.5 Å².